The Morgan fingerprint density at radius 1 is 1.25 bits per heavy atom. The van der Waals surface area contributed by atoms with Crippen LogP contribution in [-0.4, -0.2) is 23.7 Å². The number of cyclic esters (lactones) is 1. The van der Waals surface area contributed by atoms with Crippen molar-refractivity contribution >= 4 is 17.6 Å². The van der Waals surface area contributed by atoms with Crippen LogP contribution in [0.15, 0.2) is 36.1 Å². The Kier molecular flexibility index (Phi) is 2.70. The lowest BCUT2D eigenvalue weighted by atomic mass is 10.1. The Balaban J connectivity index is 2.47. The van der Waals surface area contributed by atoms with Gasteiger partial charge >= 0.3 is 6.09 Å². The third-order valence-corrected chi connectivity index (χ3v) is 2.17. The molecule has 0 unspecified atom stereocenters. The summed E-state index contributed by atoms with van der Waals surface area (Å²) in [6, 6.07) is 8.78. The van der Waals surface area contributed by atoms with Gasteiger partial charge in [-0.25, -0.2) is 4.79 Å². The maximum absolute atomic E-state index is 11.3. The van der Waals surface area contributed by atoms with Gasteiger partial charge < -0.3 is 9.84 Å². The maximum Gasteiger partial charge on any atom is 0.419 e. The highest BCUT2D eigenvalue weighted by molar-refractivity contribution is 6.11. The molecule has 0 bridgehead atoms. The van der Waals surface area contributed by atoms with E-state index in [0.717, 1.165) is 0 Å². The highest BCUT2D eigenvalue weighted by Crippen LogP contribution is 2.21. The number of ether oxygens (including phenoxy) is 1. The van der Waals surface area contributed by atoms with Gasteiger partial charge in [-0.3, -0.25) is 10.1 Å². The molecule has 5 nitrogen and oxygen atoms in total. The summed E-state index contributed by atoms with van der Waals surface area (Å²) in [6.45, 7) is -0.375. The van der Waals surface area contributed by atoms with Gasteiger partial charge in [0.2, 0.25) is 5.76 Å². The molecule has 2 rings (SSSR count). The van der Waals surface area contributed by atoms with E-state index in [-0.39, 0.29) is 12.4 Å². The van der Waals surface area contributed by atoms with E-state index in [1.54, 1.807) is 24.3 Å². The molecule has 0 aliphatic carbocycles. The molecule has 1 aliphatic heterocycles. The van der Waals surface area contributed by atoms with Crippen molar-refractivity contribution in [2.24, 2.45) is 0 Å². The van der Waals surface area contributed by atoms with E-state index in [4.69, 9.17) is 4.74 Å². The third-order valence-electron chi connectivity index (χ3n) is 2.17. The summed E-state index contributed by atoms with van der Waals surface area (Å²) in [5.41, 5.74) is 0.939. The first kappa shape index (κ1) is 10.4. The van der Waals surface area contributed by atoms with Crippen molar-refractivity contribution in [1.82, 2.24) is 5.32 Å². The Labute approximate surface area is 91.3 Å². The second kappa shape index (κ2) is 4.16. The first-order valence-electron chi connectivity index (χ1n) is 4.65. The van der Waals surface area contributed by atoms with Crippen molar-refractivity contribution in [3.05, 3.63) is 41.7 Å². The zero-order valence-corrected chi connectivity index (χ0v) is 8.27. The van der Waals surface area contributed by atoms with Gasteiger partial charge in [0.05, 0.1) is 6.61 Å². The average Bonchev–Trinajstić information content (AvgIpc) is 2.61. The fourth-order valence-corrected chi connectivity index (χ4v) is 1.45. The standard InChI is InChI=1S/C11H9NO4/c13-6-8(7-4-2-1-3-5-7)9-10(14)12-11(15)16-9/h1-5,13H,6H2,(H,12,14,15)/b9-8+. The van der Waals surface area contributed by atoms with E-state index in [9.17, 15) is 14.7 Å². The largest absolute Gasteiger partial charge is 0.419 e. The first-order chi connectivity index (χ1) is 7.72. The number of carbonyl (C=O) groups is 2. The van der Waals surface area contributed by atoms with E-state index in [0.29, 0.717) is 11.1 Å². The Morgan fingerprint density at radius 2 is 1.94 bits per heavy atom. The number of rotatable bonds is 2. The van der Waals surface area contributed by atoms with E-state index in [2.05, 4.69) is 0 Å². The van der Waals surface area contributed by atoms with E-state index < -0.39 is 12.0 Å². The summed E-state index contributed by atoms with van der Waals surface area (Å²) in [7, 11) is 0. The van der Waals surface area contributed by atoms with Crippen LogP contribution in [0.5, 0.6) is 0 Å². The lowest BCUT2D eigenvalue weighted by Gasteiger charge is -2.05. The SMILES string of the molecule is O=C1NC(=O)/C(=C(/CO)c2ccccc2)O1. The number of nitrogens with one attached hydrogen (secondary N) is 1. The Hall–Kier alpha value is -2.14. The minimum absolute atomic E-state index is 0.140. The molecule has 0 spiro atoms. The van der Waals surface area contributed by atoms with Crippen molar-refractivity contribution in [1.29, 1.82) is 0 Å². The molecule has 0 aromatic heterocycles. The summed E-state index contributed by atoms with van der Waals surface area (Å²) in [5, 5.41) is 11.2. The van der Waals surface area contributed by atoms with Gasteiger partial charge in [-0.15, -0.1) is 0 Å². The number of aliphatic hydroxyl groups is 1. The molecule has 1 aromatic rings. The van der Waals surface area contributed by atoms with Crippen LogP contribution in [0.4, 0.5) is 4.79 Å². The summed E-state index contributed by atoms with van der Waals surface area (Å²) in [6.07, 6.45) is -0.818. The Bertz CT molecular complexity index is 464. The Morgan fingerprint density at radius 3 is 2.44 bits per heavy atom. The second-order valence-corrected chi connectivity index (χ2v) is 3.18. The minimum Gasteiger partial charge on any atom is -0.404 e. The number of aliphatic hydroxyl groups excluding tert-OH is 1. The van der Waals surface area contributed by atoms with Crippen LogP contribution >= 0.6 is 0 Å². The summed E-state index contributed by atoms with van der Waals surface area (Å²) >= 11 is 0. The smallest absolute Gasteiger partial charge is 0.404 e. The quantitative estimate of drug-likeness (QED) is 0.716. The minimum atomic E-state index is -0.818. The van der Waals surface area contributed by atoms with Gasteiger partial charge in [-0.2, -0.15) is 0 Å². The molecule has 1 heterocycles. The molecular weight excluding hydrogens is 210 g/mol. The molecule has 1 aromatic carbocycles. The highest BCUT2D eigenvalue weighted by atomic mass is 16.6. The average molecular weight is 219 g/mol. The zero-order valence-electron chi connectivity index (χ0n) is 8.27. The van der Waals surface area contributed by atoms with Gasteiger partial charge in [0.25, 0.3) is 5.91 Å². The number of hydrogen-bond donors (Lipinski definition) is 2. The normalized spacial score (nSPS) is 18.1. The number of carbonyl (C=O) groups excluding carboxylic acids is 2. The molecule has 2 N–H and O–H groups in total. The lowest BCUT2D eigenvalue weighted by molar-refractivity contribution is -0.116. The third kappa shape index (κ3) is 1.80. The van der Waals surface area contributed by atoms with Gasteiger partial charge in [-0.05, 0) is 5.56 Å². The number of hydrogen-bond acceptors (Lipinski definition) is 4. The molecule has 1 fully saturated rings. The van der Waals surface area contributed by atoms with Gasteiger partial charge in [0.1, 0.15) is 0 Å². The van der Waals surface area contributed by atoms with Crippen molar-refractivity contribution in [3.8, 4) is 0 Å². The predicted octanol–water partition coefficient (Wildman–Crippen LogP) is 0.656. The topological polar surface area (TPSA) is 75.6 Å². The van der Waals surface area contributed by atoms with E-state index >= 15 is 0 Å². The van der Waals surface area contributed by atoms with Crippen LogP contribution in [0.25, 0.3) is 5.57 Å². The highest BCUT2D eigenvalue weighted by Gasteiger charge is 2.29. The van der Waals surface area contributed by atoms with Crippen LogP contribution in [-0.2, 0) is 9.53 Å². The van der Waals surface area contributed by atoms with Crippen molar-refractivity contribution < 1.29 is 19.4 Å². The lowest BCUT2D eigenvalue weighted by Crippen LogP contribution is -2.19. The summed E-state index contributed by atoms with van der Waals surface area (Å²) in [4.78, 5) is 22.2. The monoisotopic (exact) mass is 219 g/mol. The molecule has 5 heteroatoms. The number of alkyl carbamates (subject to hydrolysis) is 1. The summed E-state index contributed by atoms with van der Waals surface area (Å²) < 4.78 is 4.70. The molecule has 82 valence electrons. The van der Waals surface area contributed by atoms with E-state index in [1.807, 2.05) is 11.4 Å². The molecule has 0 radical (unpaired) electrons. The molecule has 16 heavy (non-hydrogen) atoms. The number of benzene rings is 1. The van der Waals surface area contributed by atoms with Crippen molar-refractivity contribution in [3.63, 3.8) is 0 Å². The molecule has 0 saturated carbocycles. The van der Waals surface area contributed by atoms with Crippen molar-refractivity contribution in [2.75, 3.05) is 6.61 Å². The van der Waals surface area contributed by atoms with E-state index in [1.165, 1.54) is 0 Å². The van der Waals surface area contributed by atoms with Gasteiger partial charge in [0.15, 0.2) is 0 Å². The second-order valence-electron chi connectivity index (χ2n) is 3.18. The van der Waals surface area contributed by atoms with Gasteiger partial charge in [0, 0.05) is 5.57 Å². The van der Waals surface area contributed by atoms with Crippen LogP contribution in [0.2, 0.25) is 0 Å². The summed E-state index contributed by atoms with van der Waals surface area (Å²) in [5.74, 6) is -0.767. The number of amides is 2. The van der Waals surface area contributed by atoms with Gasteiger partial charge in [-0.1, -0.05) is 30.3 Å². The first-order valence-corrected chi connectivity index (χ1v) is 4.65. The molecular formula is C11H9NO4. The molecule has 0 atom stereocenters. The fraction of sp³-hybridized carbons (Fsp3) is 0.0909. The van der Waals surface area contributed by atoms with Crippen LogP contribution in [0.1, 0.15) is 5.56 Å². The molecule has 1 saturated heterocycles. The maximum atomic E-state index is 11.3. The molecule has 2 amide bonds. The van der Waals surface area contributed by atoms with Crippen LogP contribution in [0.3, 0.4) is 0 Å². The van der Waals surface area contributed by atoms with Crippen LogP contribution in [0, 0.1) is 0 Å². The van der Waals surface area contributed by atoms with Crippen molar-refractivity contribution in [2.45, 2.75) is 0 Å². The fourth-order valence-electron chi connectivity index (χ4n) is 1.45. The number of imide groups is 1. The van der Waals surface area contributed by atoms with Crippen LogP contribution < -0.4 is 5.32 Å². The predicted molar refractivity (Wildman–Crippen MR) is 55.1 cm³/mol. The molecule has 1 aliphatic rings. The zero-order chi connectivity index (χ0) is 11.5.